The number of benzene rings is 2. The van der Waals surface area contributed by atoms with E-state index in [0.717, 1.165) is 17.1 Å². The molecule has 0 unspecified atom stereocenters. The molecule has 0 saturated carbocycles. The van der Waals surface area contributed by atoms with Crippen molar-refractivity contribution < 1.29 is 8.42 Å². The van der Waals surface area contributed by atoms with Crippen molar-refractivity contribution in [2.75, 3.05) is 31.1 Å². The third kappa shape index (κ3) is 3.57. The summed E-state index contributed by atoms with van der Waals surface area (Å²) in [4.78, 5) is 7.29. The second-order valence-corrected chi connectivity index (χ2v) is 9.84. The molecule has 2 aromatic carbocycles. The van der Waals surface area contributed by atoms with E-state index in [0.29, 0.717) is 31.2 Å². The molecule has 1 aliphatic heterocycles. The molecule has 1 saturated heterocycles. The summed E-state index contributed by atoms with van der Waals surface area (Å²) in [7, 11) is -3.49. The molecule has 0 radical (unpaired) electrons. The monoisotopic (exact) mass is 421 g/mol. The normalized spacial score (nSPS) is 16.1. The van der Waals surface area contributed by atoms with Crippen LogP contribution in [0, 0.1) is 0 Å². The lowest BCUT2D eigenvalue weighted by molar-refractivity contribution is 0.385. The van der Waals surface area contributed by atoms with Crippen LogP contribution in [0.25, 0.3) is 10.2 Å². The summed E-state index contributed by atoms with van der Waals surface area (Å²) in [5, 5.41) is 1.50. The van der Waals surface area contributed by atoms with Gasteiger partial charge < -0.3 is 4.90 Å². The van der Waals surface area contributed by atoms with Crippen LogP contribution in [-0.4, -0.2) is 43.9 Å². The van der Waals surface area contributed by atoms with Crippen molar-refractivity contribution in [2.45, 2.75) is 18.2 Å². The summed E-state index contributed by atoms with van der Waals surface area (Å²) in [5.74, 6) is 0. The molecule has 27 heavy (non-hydrogen) atoms. The van der Waals surface area contributed by atoms with Crippen molar-refractivity contribution in [3.8, 4) is 0 Å². The lowest BCUT2D eigenvalue weighted by atomic mass is 10.1. The third-order valence-corrected chi connectivity index (χ3v) is 8.08. The molecule has 1 fully saturated rings. The van der Waals surface area contributed by atoms with Crippen LogP contribution < -0.4 is 4.90 Å². The summed E-state index contributed by atoms with van der Waals surface area (Å²) in [6, 6.07) is 12.6. The van der Waals surface area contributed by atoms with Gasteiger partial charge in [-0.2, -0.15) is 4.31 Å². The number of hydrogen-bond donors (Lipinski definition) is 0. The Morgan fingerprint density at radius 3 is 2.44 bits per heavy atom. The van der Waals surface area contributed by atoms with Crippen molar-refractivity contribution in [3.05, 3.63) is 53.1 Å². The van der Waals surface area contributed by atoms with Gasteiger partial charge in [0.25, 0.3) is 0 Å². The number of anilines is 1. The fourth-order valence-corrected chi connectivity index (χ4v) is 5.90. The Bertz CT molecular complexity index is 1060. The first-order valence-corrected chi connectivity index (χ1v) is 11.5. The first-order chi connectivity index (χ1) is 13.0. The molecular weight excluding hydrogens is 402 g/mol. The maximum atomic E-state index is 12.8. The highest BCUT2D eigenvalue weighted by Gasteiger charge is 2.29. The molecule has 2 heterocycles. The Kier molecular flexibility index (Phi) is 5.11. The highest BCUT2D eigenvalue weighted by molar-refractivity contribution is 7.89. The Morgan fingerprint density at radius 2 is 1.78 bits per heavy atom. The third-order valence-electron chi connectivity index (χ3n) is 4.83. The lowest BCUT2D eigenvalue weighted by Crippen LogP contribution is -2.48. The molecule has 0 spiro atoms. The maximum Gasteiger partial charge on any atom is 0.243 e. The van der Waals surface area contributed by atoms with E-state index in [1.54, 1.807) is 35.6 Å². The zero-order chi connectivity index (χ0) is 19.0. The largest absolute Gasteiger partial charge is 0.345 e. The molecule has 0 N–H and O–H groups in total. The van der Waals surface area contributed by atoms with E-state index < -0.39 is 10.0 Å². The summed E-state index contributed by atoms with van der Waals surface area (Å²) in [5.41, 5.74) is 2.31. The summed E-state index contributed by atoms with van der Waals surface area (Å²) < 4.78 is 28.4. The molecule has 8 heteroatoms. The Hall–Kier alpha value is -1.67. The Morgan fingerprint density at radius 1 is 1.07 bits per heavy atom. The van der Waals surface area contributed by atoms with E-state index in [-0.39, 0.29) is 4.90 Å². The van der Waals surface area contributed by atoms with Crippen LogP contribution in [0.2, 0.25) is 5.02 Å². The molecule has 1 aromatic heterocycles. The number of nitrogens with zero attached hydrogens (tertiary/aromatic N) is 3. The zero-order valence-corrected chi connectivity index (χ0v) is 17.3. The quantitative estimate of drug-likeness (QED) is 0.638. The minimum absolute atomic E-state index is 0.285. The topological polar surface area (TPSA) is 53.5 Å². The first kappa shape index (κ1) is 18.7. The SMILES string of the molecule is CCc1cccc2sc(N3CCN(S(=O)(=O)c4ccc(Cl)cc4)CC3)nc12. The molecule has 142 valence electrons. The van der Waals surface area contributed by atoms with Gasteiger partial charge >= 0.3 is 0 Å². The zero-order valence-electron chi connectivity index (χ0n) is 14.9. The first-order valence-electron chi connectivity index (χ1n) is 8.88. The number of aryl methyl sites for hydroxylation is 1. The number of piperazine rings is 1. The smallest absolute Gasteiger partial charge is 0.243 e. The van der Waals surface area contributed by atoms with Crippen molar-refractivity contribution in [1.82, 2.24) is 9.29 Å². The van der Waals surface area contributed by atoms with E-state index in [4.69, 9.17) is 16.6 Å². The number of para-hydroxylation sites is 1. The standard InChI is InChI=1S/C19H20ClN3O2S2/c1-2-14-4-3-5-17-18(14)21-19(26-17)22-10-12-23(13-11-22)27(24,25)16-8-6-15(20)7-9-16/h3-9H,2,10-13H2,1H3. The van der Waals surface area contributed by atoms with Crippen LogP contribution in [0.1, 0.15) is 12.5 Å². The molecular formula is C19H20ClN3O2S2. The minimum atomic E-state index is -3.49. The lowest BCUT2D eigenvalue weighted by Gasteiger charge is -2.33. The van der Waals surface area contributed by atoms with Crippen LogP contribution in [0.3, 0.4) is 0 Å². The molecule has 4 rings (SSSR count). The molecule has 0 bridgehead atoms. The van der Waals surface area contributed by atoms with E-state index in [1.807, 2.05) is 0 Å². The van der Waals surface area contributed by atoms with Gasteiger partial charge in [0.15, 0.2) is 5.13 Å². The van der Waals surface area contributed by atoms with Gasteiger partial charge in [-0.15, -0.1) is 0 Å². The number of rotatable bonds is 4. The number of halogens is 1. The second kappa shape index (κ2) is 7.39. The average molecular weight is 422 g/mol. The van der Waals surface area contributed by atoms with Crippen molar-refractivity contribution in [3.63, 3.8) is 0 Å². The van der Waals surface area contributed by atoms with Crippen LogP contribution in [-0.2, 0) is 16.4 Å². The fourth-order valence-electron chi connectivity index (χ4n) is 3.29. The van der Waals surface area contributed by atoms with Gasteiger partial charge in [-0.05, 0) is 42.3 Å². The van der Waals surface area contributed by atoms with Crippen LogP contribution >= 0.6 is 22.9 Å². The molecule has 0 amide bonds. The van der Waals surface area contributed by atoms with Crippen LogP contribution in [0.4, 0.5) is 5.13 Å². The average Bonchev–Trinajstić information content (AvgIpc) is 3.13. The molecule has 5 nitrogen and oxygen atoms in total. The van der Waals surface area contributed by atoms with Gasteiger partial charge in [0.1, 0.15) is 0 Å². The number of hydrogen-bond acceptors (Lipinski definition) is 5. The summed E-state index contributed by atoms with van der Waals surface area (Å²) in [6.07, 6.45) is 0.952. The van der Waals surface area contributed by atoms with Gasteiger partial charge in [0, 0.05) is 31.2 Å². The predicted molar refractivity (Wildman–Crippen MR) is 111 cm³/mol. The molecule has 1 aliphatic rings. The predicted octanol–water partition coefficient (Wildman–Crippen LogP) is 4.02. The molecule has 0 atom stereocenters. The molecule has 3 aromatic rings. The number of fused-ring (bicyclic) bond motifs is 1. The summed E-state index contributed by atoms with van der Waals surface area (Å²) in [6.45, 7) is 4.29. The second-order valence-electron chi connectivity index (χ2n) is 6.46. The fraction of sp³-hybridized carbons (Fsp3) is 0.316. The van der Waals surface area contributed by atoms with Crippen LogP contribution in [0.15, 0.2) is 47.4 Å². The Labute approximate surface area is 168 Å². The van der Waals surface area contributed by atoms with E-state index in [1.165, 1.54) is 14.6 Å². The number of thiazole rings is 1. The van der Waals surface area contributed by atoms with Gasteiger partial charge in [-0.3, -0.25) is 0 Å². The number of sulfonamides is 1. The maximum absolute atomic E-state index is 12.8. The van der Waals surface area contributed by atoms with E-state index in [2.05, 4.69) is 30.0 Å². The van der Waals surface area contributed by atoms with Gasteiger partial charge in [0.2, 0.25) is 10.0 Å². The van der Waals surface area contributed by atoms with Crippen molar-refractivity contribution >= 4 is 48.3 Å². The number of aromatic nitrogens is 1. The highest BCUT2D eigenvalue weighted by atomic mass is 35.5. The van der Waals surface area contributed by atoms with Gasteiger partial charge in [-0.25, -0.2) is 13.4 Å². The van der Waals surface area contributed by atoms with E-state index >= 15 is 0 Å². The van der Waals surface area contributed by atoms with Crippen molar-refractivity contribution in [2.24, 2.45) is 0 Å². The summed E-state index contributed by atoms with van der Waals surface area (Å²) >= 11 is 7.54. The van der Waals surface area contributed by atoms with Crippen molar-refractivity contribution in [1.29, 1.82) is 0 Å². The van der Waals surface area contributed by atoms with E-state index in [9.17, 15) is 8.42 Å². The minimum Gasteiger partial charge on any atom is -0.345 e. The van der Waals surface area contributed by atoms with Gasteiger partial charge in [0.05, 0.1) is 15.1 Å². The molecule has 0 aliphatic carbocycles. The van der Waals surface area contributed by atoms with Gasteiger partial charge in [-0.1, -0.05) is 42.0 Å². The Balaban J connectivity index is 1.51. The van der Waals surface area contributed by atoms with Crippen LogP contribution in [0.5, 0.6) is 0 Å². The highest BCUT2D eigenvalue weighted by Crippen LogP contribution is 2.32.